The molecule has 0 unspecified atom stereocenters. The zero-order chi connectivity index (χ0) is 21.5. The number of unbranched alkanes of at least 4 members (excludes halogenated alkanes) is 2. The average molecular weight is 411 g/mol. The number of aryl methyl sites for hydroxylation is 1. The molecule has 0 amide bonds. The molecule has 4 rings (SSSR count). The van der Waals surface area contributed by atoms with Crippen LogP contribution in [0.3, 0.4) is 0 Å². The van der Waals surface area contributed by atoms with E-state index in [-0.39, 0.29) is 0 Å². The summed E-state index contributed by atoms with van der Waals surface area (Å²) >= 11 is 0. The van der Waals surface area contributed by atoms with Crippen molar-refractivity contribution in [2.45, 2.75) is 77.6 Å². The van der Waals surface area contributed by atoms with Gasteiger partial charge in [-0.3, -0.25) is 0 Å². The maximum absolute atomic E-state index is 2.50. The summed E-state index contributed by atoms with van der Waals surface area (Å²) in [6, 6.07) is 27.4. The summed E-state index contributed by atoms with van der Waals surface area (Å²) in [6.45, 7) is 4.53. The van der Waals surface area contributed by atoms with E-state index in [9.17, 15) is 0 Å². The molecule has 0 aliphatic heterocycles. The summed E-state index contributed by atoms with van der Waals surface area (Å²) < 4.78 is 0. The summed E-state index contributed by atoms with van der Waals surface area (Å²) in [5.41, 5.74) is 8.32. The minimum Gasteiger partial charge on any atom is -0.0654 e. The van der Waals surface area contributed by atoms with Crippen LogP contribution in [0.1, 0.15) is 82.3 Å². The number of hydrogen-bond acceptors (Lipinski definition) is 0. The fourth-order valence-corrected chi connectivity index (χ4v) is 5.31. The molecule has 0 spiro atoms. The van der Waals surface area contributed by atoms with E-state index < -0.39 is 0 Å². The van der Waals surface area contributed by atoms with E-state index in [4.69, 9.17) is 0 Å². The minimum absolute atomic E-state index is 0.724. The molecule has 3 aromatic rings. The molecule has 1 saturated carbocycles. The Morgan fingerprint density at radius 3 is 2.06 bits per heavy atom. The largest absolute Gasteiger partial charge is 0.0654 e. The molecule has 0 heterocycles. The van der Waals surface area contributed by atoms with Gasteiger partial charge >= 0.3 is 0 Å². The van der Waals surface area contributed by atoms with Gasteiger partial charge in [-0.1, -0.05) is 112 Å². The van der Waals surface area contributed by atoms with Crippen LogP contribution in [0.5, 0.6) is 0 Å². The first-order chi connectivity index (χ1) is 15.3. The molecule has 31 heavy (non-hydrogen) atoms. The summed E-state index contributed by atoms with van der Waals surface area (Å²) in [5, 5.41) is 0. The van der Waals surface area contributed by atoms with Crippen molar-refractivity contribution in [3.05, 3.63) is 83.9 Å². The first kappa shape index (κ1) is 21.9. The molecule has 0 bridgehead atoms. The third kappa shape index (κ3) is 5.48. The van der Waals surface area contributed by atoms with E-state index in [1.165, 1.54) is 79.2 Å². The molecule has 0 nitrogen and oxygen atoms in total. The molecule has 1 aliphatic carbocycles. The molecule has 0 aromatic heterocycles. The van der Waals surface area contributed by atoms with Crippen molar-refractivity contribution in [2.24, 2.45) is 5.92 Å². The zero-order valence-electron chi connectivity index (χ0n) is 19.4. The molecule has 162 valence electrons. The van der Waals surface area contributed by atoms with E-state index >= 15 is 0 Å². The van der Waals surface area contributed by atoms with Gasteiger partial charge < -0.3 is 0 Å². The molecular formula is C31H38. The molecule has 1 fully saturated rings. The third-order valence-corrected chi connectivity index (χ3v) is 7.34. The van der Waals surface area contributed by atoms with Gasteiger partial charge in [-0.15, -0.1) is 0 Å². The topological polar surface area (TPSA) is 0 Å². The van der Waals surface area contributed by atoms with Crippen LogP contribution in [0.2, 0.25) is 0 Å². The zero-order valence-corrected chi connectivity index (χ0v) is 19.4. The van der Waals surface area contributed by atoms with Crippen LogP contribution in [0.4, 0.5) is 0 Å². The van der Waals surface area contributed by atoms with Gasteiger partial charge in [0, 0.05) is 0 Å². The molecule has 3 aromatic carbocycles. The Labute approximate surface area is 189 Å². The van der Waals surface area contributed by atoms with Gasteiger partial charge in [-0.2, -0.15) is 0 Å². The molecule has 0 atom stereocenters. The van der Waals surface area contributed by atoms with Crippen LogP contribution in [0.25, 0.3) is 22.3 Å². The summed E-state index contributed by atoms with van der Waals surface area (Å²) in [5.74, 6) is 1.69. The second-order valence-corrected chi connectivity index (χ2v) is 9.43. The predicted octanol–water partition coefficient (Wildman–Crippen LogP) is 9.44. The molecule has 0 saturated heterocycles. The standard InChI is InChI=1S/C31H38/c1-3-5-7-10-25-15-17-26(18-16-25)29-21-22-30(28-19-13-24(4-2)14-20-28)31(23-29)27-11-8-6-9-12-27/h6,8-9,11-14,19-23,25-26H,3-5,7,10,15-18H2,1-2H3. The fourth-order valence-electron chi connectivity index (χ4n) is 5.31. The first-order valence-electron chi connectivity index (χ1n) is 12.6. The maximum Gasteiger partial charge on any atom is -0.0103 e. The van der Waals surface area contributed by atoms with Crippen LogP contribution < -0.4 is 0 Å². The Morgan fingerprint density at radius 1 is 0.677 bits per heavy atom. The highest BCUT2D eigenvalue weighted by molar-refractivity contribution is 5.84. The number of hydrogen-bond donors (Lipinski definition) is 0. The maximum atomic E-state index is 2.50. The van der Waals surface area contributed by atoms with Gasteiger partial charge in [0.05, 0.1) is 0 Å². The van der Waals surface area contributed by atoms with Crippen LogP contribution in [0.15, 0.2) is 72.8 Å². The Kier molecular flexibility index (Phi) is 7.62. The molecule has 0 heteroatoms. The quantitative estimate of drug-likeness (QED) is 0.324. The van der Waals surface area contributed by atoms with Crippen LogP contribution >= 0.6 is 0 Å². The SMILES string of the molecule is CCCCCC1CCC(c2ccc(-c3ccc(CC)cc3)c(-c3ccccc3)c2)CC1. The number of benzene rings is 3. The van der Waals surface area contributed by atoms with Crippen molar-refractivity contribution in [1.82, 2.24) is 0 Å². The first-order valence-corrected chi connectivity index (χ1v) is 12.6. The lowest BCUT2D eigenvalue weighted by Gasteiger charge is -2.29. The van der Waals surface area contributed by atoms with Crippen molar-refractivity contribution in [3.63, 3.8) is 0 Å². The number of rotatable bonds is 8. The molecule has 0 radical (unpaired) electrons. The lowest BCUT2D eigenvalue weighted by atomic mass is 9.76. The Morgan fingerprint density at radius 2 is 1.39 bits per heavy atom. The van der Waals surface area contributed by atoms with Crippen molar-refractivity contribution in [3.8, 4) is 22.3 Å². The smallest absolute Gasteiger partial charge is 0.0103 e. The van der Waals surface area contributed by atoms with E-state index in [1.807, 2.05) is 0 Å². The van der Waals surface area contributed by atoms with Gasteiger partial charge in [0.2, 0.25) is 0 Å². The lowest BCUT2D eigenvalue weighted by molar-refractivity contribution is 0.303. The second-order valence-electron chi connectivity index (χ2n) is 9.43. The molecule has 1 aliphatic rings. The van der Waals surface area contributed by atoms with Gasteiger partial charge in [-0.05, 0) is 77.3 Å². The molecular weight excluding hydrogens is 372 g/mol. The highest BCUT2D eigenvalue weighted by Crippen LogP contribution is 2.41. The highest BCUT2D eigenvalue weighted by Gasteiger charge is 2.23. The van der Waals surface area contributed by atoms with Gasteiger partial charge in [-0.25, -0.2) is 0 Å². The average Bonchev–Trinajstić information content (AvgIpc) is 2.85. The van der Waals surface area contributed by atoms with Crippen molar-refractivity contribution in [2.75, 3.05) is 0 Å². The third-order valence-electron chi connectivity index (χ3n) is 7.34. The van der Waals surface area contributed by atoms with Crippen molar-refractivity contribution in [1.29, 1.82) is 0 Å². The van der Waals surface area contributed by atoms with Gasteiger partial charge in [0.25, 0.3) is 0 Å². The normalized spacial score (nSPS) is 18.8. The van der Waals surface area contributed by atoms with E-state index in [2.05, 4.69) is 86.6 Å². The van der Waals surface area contributed by atoms with Crippen LogP contribution in [0, 0.1) is 5.92 Å². The molecule has 0 N–H and O–H groups in total. The highest BCUT2D eigenvalue weighted by atomic mass is 14.3. The van der Waals surface area contributed by atoms with Crippen LogP contribution in [-0.2, 0) is 6.42 Å². The minimum atomic E-state index is 0.724. The second kappa shape index (κ2) is 10.8. The van der Waals surface area contributed by atoms with Crippen molar-refractivity contribution < 1.29 is 0 Å². The summed E-state index contributed by atoms with van der Waals surface area (Å²) in [4.78, 5) is 0. The van der Waals surface area contributed by atoms with Gasteiger partial charge in [0.15, 0.2) is 0 Å². The summed E-state index contributed by atoms with van der Waals surface area (Å²) in [7, 11) is 0. The van der Waals surface area contributed by atoms with Crippen molar-refractivity contribution >= 4 is 0 Å². The fraction of sp³-hybridized carbons (Fsp3) is 0.419. The lowest BCUT2D eigenvalue weighted by Crippen LogP contribution is -2.13. The van der Waals surface area contributed by atoms with Gasteiger partial charge in [0.1, 0.15) is 0 Å². The van der Waals surface area contributed by atoms with E-state index in [0.29, 0.717) is 0 Å². The Hall–Kier alpha value is -2.34. The summed E-state index contributed by atoms with van der Waals surface area (Å²) in [6.07, 6.45) is 12.2. The van der Waals surface area contributed by atoms with E-state index in [1.54, 1.807) is 5.56 Å². The monoisotopic (exact) mass is 410 g/mol. The van der Waals surface area contributed by atoms with Crippen LogP contribution in [-0.4, -0.2) is 0 Å². The Balaban J connectivity index is 1.58. The van der Waals surface area contributed by atoms with E-state index in [0.717, 1.165) is 18.3 Å². The predicted molar refractivity (Wildman–Crippen MR) is 136 cm³/mol. The Bertz CT molecular complexity index is 928.